The van der Waals surface area contributed by atoms with Crippen molar-refractivity contribution in [2.45, 2.75) is 64.5 Å². The summed E-state index contributed by atoms with van der Waals surface area (Å²) in [7, 11) is 0. The zero-order valence-electron chi connectivity index (χ0n) is 12.7. The van der Waals surface area contributed by atoms with Gasteiger partial charge >= 0.3 is 0 Å². The van der Waals surface area contributed by atoms with E-state index in [-0.39, 0.29) is 23.9 Å². The van der Waals surface area contributed by atoms with E-state index in [1.54, 1.807) is 0 Å². The predicted molar refractivity (Wildman–Crippen MR) is 77.0 cm³/mol. The second kappa shape index (κ2) is 5.38. The van der Waals surface area contributed by atoms with Crippen LogP contribution in [0.25, 0.3) is 0 Å². The lowest BCUT2D eigenvalue weighted by Gasteiger charge is -2.48. The highest BCUT2D eigenvalue weighted by atomic mass is 16.2. The number of piperazine rings is 1. The summed E-state index contributed by atoms with van der Waals surface area (Å²) in [4.78, 5) is 28.8. The molecule has 0 radical (unpaired) electrons. The maximum Gasteiger partial charge on any atom is 0.246 e. The van der Waals surface area contributed by atoms with Crippen LogP contribution >= 0.6 is 0 Å². The Kier molecular flexibility index (Phi) is 3.74. The van der Waals surface area contributed by atoms with Crippen LogP contribution in [-0.2, 0) is 9.59 Å². The highest BCUT2D eigenvalue weighted by Crippen LogP contribution is 2.34. The van der Waals surface area contributed by atoms with Crippen LogP contribution in [0.5, 0.6) is 0 Å². The molecule has 4 heteroatoms. The molecule has 2 heterocycles. The zero-order chi connectivity index (χ0) is 14.3. The summed E-state index contributed by atoms with van der Waals surface area (Å²) in [5.74, 6) is 1.66. The number of carbonyl (C=O) groups excluding carboxylic acids is 2. The molecule has 0 aromatic heterocycles. The number of hydrogen-bond donors (Lipinski definition) is 0. The first-order valence-corrected chi connectivity index (χ1v) is 8.18. The Hall–Kier alpha value is -1.06. The van der Waals surface area contributed by atoms with E-state index < -0.39 is 0 Å². The Bertz CT molecular complexity index is 409. The third kappa shape index (κ3) is 2.33. The van der Waals surface area contributed by atoms with E-state index in [9.17, 15) is 9.59 Å². The lowest BCUT2D eigenvalue weighted by Crippen LogP contribution is -2.64. The van der Waals surface area contributed by atoms with Crippen LogP contribution in [0.2, 0.25) is 0 Å². The third-order valence-corrected chi connectivity index (χ3v) is 5.48. The second-order valence-corrected chi connectivity index (χ2v) is 7.03. The van der Waals surface area contributed by atoms with Gasteiger partial charge in [-0.05, 0) is 50.4 Å². The molecule has 0 bridgehead atoms. The molecular weight excluding hydrogens is 252 g/mol. The topological polar surface area (TPSA) is 40.6 Å². The quantitative estimate of drug-likeness (QED) is 0.736. The largest absolute Gasteiger partial charge is 0.329 e. The van der Waals surface area contributed by atoms with E-state index in [1.807, 2.05) is 9.80 Å². The predicted octanol–water partition coefficient (Wildman–Crippen LogP) is 2.03. The van der Waals surface area contributed by atoms with Crippen molar-refractivity contribution in [2.24, 2.45) is 11.8 Å². The first-order chi connectivity index (χ1) is 9.58. The molecule has 4 unspecified atom stereocenters. The molecular formula is C16H26N2O2. The molecule has 2 amide bonds. The SMILES string of the molecule is CC1CCC(N2CC(=O)N3CCCCC3C2=O)C(C)C1. The molecule has 1 saturated carbocycles. The molecule has 3 fully saturated rings. The van der Waals surface area contributed by atoms with Gasteiger partial charge in [-0.1, -0.05) is 13.8 Å². The van der Waals surface area contributed by atoms with Crippen LogP contribution in [-0.4, -0.2) is 46.8 Å². The molecule has 112 valence electrons. The molecule has 20 heavy (non-hydrogen) atoms. The van der Waals surface area contributed by atoms with Gasteiger partial charge in [0.05, 0.1) is 0 Å². The van der Waals surface area contributed by atoms with Crippen molar-refractivity contribution in [1.29, 1.82) is 0 Å². The molecule has 4 nitrogen and oxygen atoms in total. The third-order valence-electron chi connectivity index (χ3n) is 5.48. The number of hydrogen-bond acceptors (Lipinski definition) is 2. The van der Waals surface area contributed by atoms with Crippen molar-refractivity contribution >= 4 is 11.8 Å². The number of fused-ring (bicyclic) bond motifs is 1. The Morgan fingerprint density at radius 2 is 1.80 bits per heavy atom. The van der Waals surface area contributed by atoms with Crippen LogP contribution in [0.3, 0.4) is 0 Å². The fourth-order valence-corrected chi connectivity index (χ4v) is 4.39. The zero-order valence-corrected chi connectivity index (χ0v) is 12.7. The highest BCUT2D eigenvalue weighted by Gasteiger charge is 2.44. The Morgan fingerprint density at radius 3 is 2.55 bits per heavy atom. The smallest absolute Gasteiger partial charge is 0.246 e. The van der Waals surface area contributed by atoms with Gasteiger partial charge in [0, 0.05) is 12.6 Å². The van der Waals surface area contributed by atoms with Crippen LogP contribution < -0.4 is 0 Å². The second-order valence-electron chi connectivity index (χ2n) is 7.03. The first-order valence-electron chi connectivity index (χ1n) is 8.18. The van der Waals surface area contributed by atoms with Gasteiger partial charge in [-0.2, -0.15) is 0 Å². The summed E-state index contributed by atoms with van der Waals surface area (Å²) < 4.78 is 0. The molecule has 0 aromatic rings. The van der Waals surface area contributed by atoms with E-state index in [0.29, 0.717) is 12.5 Å². The molecule has 0 aromatic carbocycles. The minimum absolute atomic E-state index is 0.156. The van der Waals surface area contributed by atoms with E-state index in [2.05, 4.69) is 13.8 Å². The van der Waals surface area contributed by atoms with Gasteiger partial charge in [0.2, 0.25) is 11.8 Å². The minimum Gasteiger partial charge on any atom is -0.329 e. The number of carbonyl (C=O) groups is 2. The lowest BCUT2D eigenvalue weighted by molar-refractivity contribution is -0.162. The molecule has 2 saturated heterocycles. The van der Waals surface area contributed by atoms with Gasteiger partial charge in [-0.3, -0.25) is 9.59 Å². The molecule has 2 aliphatic heterocycles. The van der Waals surface area contributed by atoms with Crippen LogP contribution in [0.1, 0.15) is 52.4 Å². The molecule has 0 N–H and O–H groups in total. The highest BCUT2D eigenvalue weighted by molar-refractivity contribution is 5.95. The summed E-state index contributed by atoms with van der Waals surface area (Å²) in [5.41, 5.74) is 0. The van der Waals surface area contributed by atoms with Crippen molar-refractivity contribution in [2.75, 3.05) is 13.1 Å². The Labute approximate surface area is 121 Å². The molecule has 3 rings (SSSR count). The van der Waals surface area contributed by atoms with E-state index in [0.717, 1.165) is 38.1 Å². The maximum atomic E-state index is 12.8. The Morgan fingerprint density at radius 1 is 1.00 bits per heavy atom. The van der Waals surface area contributed by atoms with Crippen LogP contribution in [0.4, 0.5) is 0 Å². The average molecular weight is 278 g/mol. The van der Waals surface area contributed by atoms with Crippen LogP contribution in [0.15, 0.2) is 0 Å². The summed E-state index contributed by atoms with van der Waals surface area (Å²) >= 11 is 0. The lowest BCUT2D eigenvalue weighted by atomic mass is 9.78. The van der Waals surface area contributed by atoms with Gasteiger partial charge in [-0.15, -0.1) is 0 Å². The summed E-state index contributed by atoms with van der Waals surface area (Å²) in [6.45, 7) is 5.63. The summed E-state index contributed by atoms with van der Waals surface area (Å²) in [6, 6.07) is 0.128. The number of piperidine rings is 1. The summed E-state index contributed by atoms with van der Waals surface area (Å²) in [5, 5.41) is 0. The molecule has 1 aliphatic carbocycles. The van der Waals surface area contributed by atoms with Crippen molar-refractivity contribution < 1.29 is 9.59 Å². The van der Waals surface area contributed by atoms with Gasteiger partial charge in [0.15, 0.2) is 0 Å². The first kappa shape index (κ1) is 13.9. The van der Waals surface area contributed by atoms with Crippen LogP contribution in [0, 0.1) is 11.8 Å². The number of nitrogens with zero attached hydrogens (tertiary/aromatic N) is 2. The van der Waals surface area contributed by atoms with E-state index in [1.165, 1.54) is 12.8 Å². The molecule has 4 atom stereocenters. The number of amides is 2. The molecule has 3 aliphatic rings. The minimum atomic E-state index is -0.156. The monoisotopic (exact) mass is 278 g/mol. The van der Waals surface area contributed by atoms with Gasteiger partial charge < -0.3 is 9.80 Å². The van der Waals surface area contributed by atoms with E-state index >= 15 is 0 Å². The van der Waals surface area contributed by atoms with Gasteiger partial charge in [0.1, 0.15) is 12.6 Å². The Balaban J connectivity index is 1.76. The summed E-state index contributed by atoms with van der Waals surface area (Å²) in [6.07, 6.45) is 6.41. The van der Waals surface area contributed by atoms with Crippen molar-refractivity contribution in [3.05, 3.63) is 0 Å². The molecule has 0 spiro atoms. The van der Waals surface area contributed by atoms with Crippen molar-refractivity contribution in [1.82, 2.24) is 9.80 Å². The fraction of sp³-hybridized carbons (Fsp3) is 0.875. The standard InChI is InChI=1S/C16H26N2O2/c1-11-6-7-13(12(2)9-11)18-10-15(19)17-8-4-3-5-14(17)16(18)20/h11-14H,3-10H2,1-2H3. The average Bonchev–Trinajstić information content (AvgIpc) is 2.43. The van der Waals surface area contributed by atoms with Gasteiger partial charge in [0.25, 0.3) is 0 Å². The van der Waals surface area contributed by atoms with Crippen molar-refractivity contribution in [3.63, 3.8) is 0 Å². The van der Waals surface area contributed by atoms with E-state index in [4.69, 9.17) is 0 Å². The fourth-order valence-electron chi connectivity index (χ4n) is 4.39. The maximum absolute atomic E-state index is 12.8. The van der Waals surface area contributed by atoms with Gasteiger partial charge in [-0.25, -0.2) is 0 Å². The number of rotatable bonds is 1. The normalized spacial score (nSPS) is 38.9. The van der Waals surface area contributed by atoms with Crippen molar-refractivity contribution in [3.8, 4) is 0 Å².